The van der Waals surface area contributed by atoms with Crippen LogP contribution >= 0.6 is 11.3 Å². The lowest BCUT2D eigenvalue weighted by Gasteiger charge is -2.09. The van der Waals surface area contributed by atoms with Crippen LogP contribution in [0.1, 0.15) is 33.3 Å². The predicted octanol–water partition coefficient (Wildman–Crippen LogP) is 3.18. The minimum Gasteiger partial charge on any atom is -0.493 e. The molecule has 0 aliphatic rings. The lowest BCUT2D eigenvalue weighted by atomic mass is 10.2. The molecule has 0 saturated carbocycles. The summed E-state index contributed by atoms with van der Waals surface area (Å²) in [4.78, 5) is 38.1. The van der Waals surface area contributed by atoms with Crippen molar-refractivity contribution >= 4 is 34.3 Å². The predicted molar refractivity (Wildman–Crippen MR) is 135 cm³/mol. The van der Waals surface area contributed by atoms with Crippen LogP contribution in [0.5, 0.6) is 17.2 Å². The number of carbonyl (C=O) groups is 2. The first-order valence-corrected chi connectivity index (χ1v) is 11.6. The number of hydrogen-bond donors (Lipinski definition) is 1. The molecule has 188 valence electrons. The van der Waals surface area contributed by atoms with Gasteiger partial charge in [-0.25, -0.2) is 0 Å². The molecule has 0 fully saturated rings. The Balaban J connectivity index is 0.000000840. The van der Waals surface area contributed by atoms with Gasteiger partial charge < -0.3 is 19.3 Å². The van der Waals surface area contributed by atoms with E-state index in [-0.39, 0.29) is 11.7 Å². The average molecular weight is 512 g/mol. The summed E-state index contributed by atoms with van der Waals surface area (Å²) in [5, 5.41) is 11.8. The Hall–Kier alpha value is -4.25. The number of esters is 1. The average Bonchev–Trinajstić information content (AvgIpc) is 3.33. The van der Waals surface area contributed by atoms with Crippen LogP contribution in [0, 0.1) is 0 Å². The van der Waals surface area contributed by atoms with Crippen LogP contribution in [-0.2, 0) is 9.59 Å². The van der Waals surface area contributed by atoms with Crippen molar-refractivity contribution in [2.75, 3.05) is 7.11 Å². The molecule has 1 N–H and O–H groups in total. The Kier molecular flexibility index (Phi) is 8.38. The van der Waals surface area contributed by atoms with Crippen molar-refractivity contribution < 1.29 is 28.9 Å². The first-order chi connectivity index (χ1) is 17.1. The van der Waals surface area contributed by atoms with Crippen LogP contribution < -0.4 is 24.3 Å². The van der Waals surface area contributed by atoms with Crippen LogP contribution in [0.2, 0.25) is 0 Å². The summed E-state index contributed by atoms with van der Waals surface area (Å²) in [5.74, 6) is 0.680. The zero-order valence-corrected chi connectivity index (χ0v) is 21.2. The van der Waals surface area contributed by atoms with Crippen LogP contribution in [0.3, 0.4) is 0 Å². The highest BCUT2D eigenvalue weighted by atomic mass is 32.1. The van der Waals surface area contributed by atoms with Gasteiger partial charge in [-0.05, 0) is 61.9 Å². The van der Waals surface area contributed by atoms with Crippen molar-refractivity contribution in [2.45, 2.75) is 33.8 Å². The van der Waals surface area contributed by atoms with E-state index < -0.39 is 11.9 Å². The molecule has 36 heavy (non-hydrogen) atoms. The number of carbonyl (C=O) groups excluding carboxylic acids is 1. The van der Waals surface area contributed by atoms with Gasteiger partial charge in [0.25, 0.3) is 11.5 Å². The molecular weight excluding hydrogens is 486 g/mol. The van der Waals surface area contributed by atoms with E-state index in [1.165, 1.54) is 29.9 Å². The third-order valence-electron chi connectivity index (χ3n) is 4.41. The van der Waals surface area contributed by atoms with Gasteiger partial charge in [0.15, 0.2) is 17.3 Å². The van der Waals surface area contributed by atoms with Gasteiger partial charge in [-0.2, -0.15) is 9.50 Å². The topological polar surface area (TPSA) is 129 Å². The fraction of sp³-hybridized carbons (Fsp3) is 0.240. The molecule has 0 atom stereocenters. The van der Waals surface area contributed by atoms with Gasteiger partial charge in [-0.15, -0.1) is 5.10 Å². The number of hydrogen-bond acceptors (Lipinski definition) is 9. The maximum atomic E-state index is 12.8. The molecule has 0 spiro atoms. The highest BCUT2D eigenvalue weighted by molar-refractivity contribution is 7.15. The normalized spacial score (nSPS) is 11.2. The summed E-state index contributed by atoms with van der Waals surface area (Å²) in [6, 6.07) is 12.5. The number of thiazole rings is 1. The standard InChI is InChI=1S/C23H21N3O5S.C2H4O2/c1-13(2)30-17-8-6-16(7-9-17)21-24-23-26(25-21)22(28)20(32-23)12-15-5-10-18(31-14(3)27)19(11-15)29-4;1-2(3)4/h5-13H,1-4H3;1H3,(H,3,4). The zero-order valence-electron chi connectivity index (χ0n) is 20.3. The van der Waals surface area contributed by atoms with Gasteiger partial charge in [-0.3, -0.25) is 14.4 Å². The first kappa shape index (κ1) is 26.4. The molecule has 4 rings (SSSR count). The molecule has 0 aliphatic heterocycles. The molecule has 11 heteroatoms. The maximum absolute atomic E-state index is 12.8. The molecule has 0 radical (unpaired) electrons. The van der Waals surface area contributed by atoms with Gasteiger partial charge in [0.2, 0.25) is 4.96 Å². The van der Waals surface area contributed by atoms with Crippen molar-refractivity contribution in [3.63, 3.8) is 0 Å². The number of rotatable bonds is 6. The molecular formula is C25H25N3O7S. The summed E-state index contributed by atoms with van der Waals surface area (Å²) < 4.78 is 17.8. The molecule has 0 bridgehead atoms. The van der Waals surface area contributed by atoms with Gasteiger partial charge in [0.1, 0.15) is 5.75 Å². The smallest absolute Gasteiger partial charge is 0.308 e. The van der Waals surface area contributed by atoms with E-state index >= 15 is 0 Å². The van der Waals surface area contributed by atoms with Crippen LogP contribution in [0.4, 0.5) is 0 Å². The molecule has 0 aliphatic carbocycles. The lowest BCUT2D eigenvalue weighted by molar-refractivity contribution is -0.134. The second-order valence-corrected chi connectivity index (χ2v) is 8.77. The van der Waals surface area contributed by atoms with Crippen molar-refractivity contribution in [3.05, 3.63) is 62.9 Å². The van der Waals surface area contributed by atoms with Crippen LogP contribution in [-0.4, -0.2) is 44.9 Å². The van der Waals surface area contributed by atoms with Gasteiger partial charge in [0, 0.05) is 19.4 Å². The highest BCUT2D eigenvalue weighted by Crippen LogP contribution is 2.28. The summed E-state index contributed by atoms with van der Waals surface area (Å²) in [6.45, 7) is 6.33. The Morgan fingerprint density at radius 2 is 1.75 bits per heavy atom. The Morgan fingerprint density at radius 1 is 1.08 bits per heavy atom. The second-order valence-electron chi connectivity index (χ2n) is 7.76. The molecule has 0 unspecified atom stereocenters. The van der Waals surface area contributed by atoms with Crippen molar-refractivity contribution in [1.29, 1.82) is 0 Å². The Labute approximate surface area is 210 Å². The van der Waals surface area contributed by atoms with Crippen LogP contribution in [0.15, 0.2) is 47.3 Å². The van der Waals surface area contributed by atoms with Gasteiger partial charge in [0.05, 0.1) is 17.7 Å². The van der Waals surface area contributed by atoms with E-state index in [2.05, 4.69) is 10.1 Å². The monoisotopic (exact) mass is 511 g/mol. The Morgan fingerprint density at radius 3 is 2.31 bits per heavy atom. The number of aliphatic carboxylic acids is 1. The third kappa shape index (κ3) is 6.66. The number of aromatic nitrogens is 3. The minimum atomic E-state index is -0.833. The highest BCUT2D eigenvalue weighted by Gasteiger charge is 2.13. The molecule has 0 saturated heterocycles. The van der Waals surface area contributed by atoms with E-state index in [0.717, 1.165) is 23.8 Å². The summed E-state index contributed by atoms with van der Waals surface area (Å²) in [6.07, 6.45) is 1.81. The largest absolute Gasteiger partial charge is 0.493 e. The summed E-state index contributed by atoms with van der Waals surface area (Å²) in [5.41, 5.74) is 1.26. The number of carboxylic acid groups (broad SMARTS) is 1. The molecule has 2 aromatic carbocycles. The van der Waals surface area contributed by atoms with Crippen molar-refractivity contribution in [2.24, 2.45) is 0 Å². The fourth-order valence-corrected chi connectivity index (χ4v) is 3.98. The summed E-state index contributed by atoms with van der Waals surface area (Å²) >= 11 is 1.24. The molecule has 0 amide bonds. The van der Waals surface area contributed by atoms with E-state index in [4.69, 9.17) is 24.1 Å². The molecule has 2 heterocycles. The van der Waals surface area contributed by atoms with E-state index in [1.807, 2.05) is 38.1 Å². The minimum absolute atomic E-state index is 0.0902. The molecule has 2 aromatic heterocycles. The quantitative estimate of drug-likeness (QED) is 0.306. The number of ether oxygens (including phenoxy) is 3. The Bertz CT molecular complexity index is 1490. The van der Waals surface area contributed by atoms with E-state index in [0.29, 0.717) is 26.8 Å². The number of benzene rings is 2. The molecule has 4 aromatic rings. The number of carboxylic acids is 1. The third-order valence-corrected chi connectivity index (χ3v) is 5.36. The number of nitrogens with zero attached hydrogens (tertiary/aromatic N) is 3. The van der Waals surface area contributed by atoms with Gasteiger partial charge >= 0.3 is 5.97 Å². The maximum Gasteiger partial charge on any atom is 0.308 e. The molecule has 10 nitrogen and oxygen atoms in total. The SMILES string of the molecule is CC(=O)O.COc1cc(C=c2sc3nc(-c4ccc(OC(C)C)cc4)nn3c2=O)ccc1OC(C)=O. The first-order valence-electron chi connectivity index (χ1n) is 10.8. The fourth-order valence-electron chi connectivity index (χ4n) is 3.08. The van der Waals surface area contributed by atoms with Crippen molar-refractivity contribution in [1.82, 2.24) is 14.6 Å². The lowest BCUT2D eigenvalue weighted by Crippen LogP contribution is -2.23. The number of methoxy groups -OCH3 is 1. The number of fused-ring (bicyclic) bond motifs is 1. The zero-order chi connectivity index (χ0) is 26.4. The summed E-state index contributed by atoms with van der Waals surface area (Å²) in [7, 11) is 1.48. The van der Waals surface area contributed by atoms with E-state index in [1.54, 1.807) is 24.3 Å². The van der Waals surface area contributed by atoms with Gasteiger partial charge in [-0.1, -0.05) is 17.4 Å². The van der Waals surface area contributed by atoms with Crippen molar-refractivity contribution in [3.8, 4) is 28.6 Å². The van der Waals surface area contributed by atoms with Crippen LogP contribution in [0.25, 0.3) is 22.4 Å². The van der Waals surface area contributed by atoms with E-state index in [9.17, 15) is 9.59 Å². The second kappa shape index (κ2) is 11.5.